The predicted molar refractivity (Wildman–Crippen MR) is 114 cm³/mol. The molecule has 2 aromatic heterocycles. The minimum absolute atomic E-state index is 0.125. The highest BCUT2D eigenvalue weighted by atomic mass is 32.1. The molecule has 1 aliphatic heterocycles. The smallest absolute Gasteiger partial charge is 0.305 e. The highest BCUT2D eigenvalue weighted by Gasteiger charge is 2.24. The molecule has 0 radical (unpaired) electrons. The average molecular weight is 420 g/mol. The standard InChI is InChI=1S/C21H30N4O3S/c1-27-18(26)8-3-2-4-9-22-20-19-15-6-5-7-16(15)29-21(19)24-17(23-20)14-25-10-12-28-13-11-25/h2-14H2,1H3,(H,22,23,24)/p+1. The van der Waals surface area contributed by atoms with Gasteiger partial charge in [-0.05, 0) is 37.7 Å². The number of aryl methyl sites for hydroxylation is 2. The molecule has 7 nitrogen and oxygen atoms in total. The van der Waals surface area contributed by atoms with Crippen molar-refractivity contribution in [3.63, 3.8) is 0 Å². The van der Waals surface area contributed by atoms with Crippen LogP contribution in [0.2, 0.25) is 0 Å². The van der Waals surface area contributed by atoms with Crippen molar-refractivity contribution in [2.75, 3.05) is 45.3 Å². The molecule has 0 saturated carbocycles. The topological polar surface area (TPSA) is 77.8 Å². The highest BCUT2D eigenvalue weighted by molar-refractivity contribution is 7.19. The van der Waals surface area contributed by atoms with Crippen LogP contribution in [0.5, 0.6) is 0 Å². The lowest BCUT2D eigenvalue weighted by Gasteiger charge is -2.23. The van der Waals surface area contributed by atoms with Crippen LogP contribution in [0.4, 0.5) is 5.82 Å². The van der Waals surface area contributed by atoms with Gasteiger partial charge in [-0.25, -0.2) is 9.97 Å². The lowest BCUT2D eigenvalue weighted by Crippen LogP contribution is -3.12. The largest absolute Gasteiger partial charge is 0.469 e. The second-order valence-electron chi connectivity index (χ2n) is 7.88. The maximum atomic E-state index is 11.2. The van der Waals surface area contributed by atoms with Gasteiger partial charge in [-0.15, -0.1) is 11.3 Å². The minimum Gasteiger partial charge on any atom is -0.469 e. The van der Waals surface area contributed by atoms with Crippen LogP contribution in [-0.4, -0.2) is 55.9 Å². The molecule has 1 saturated heterocycles. The van der Waals surface area contributed by atoms with Gasteiger partial charge < -0.3 is 19.7 Å². The summed E-state index contributed by atoms with van der Waals surface area (Å²) in [5.41, 5.74) is 1.46. The van der Waals surface area contributed by atoms with Crippen LogP contribution in [0.3, 0.4) is 0 Å². The fraction of sp³-hybridized carbons (Fsp3) is 0.667. The molecule has 0 aromatic carbocycles. The number of hydrogen-bond acceptors (Lipinski definition) is 7. The first kappa shape index (κ1) is 20.5. The number of carbonyl (C=O) groups is 1. The van der Waals surface area contributed by atoms with Crippen molar-refractivity contribution in [1.29, 1.82) is 0 Å². The van der Waals surface area contributed by atoms with Crippen molar-refractivity contribution in [2.45, 2.75) is 51.5 Å². The molecular weight excluding hydrogens is 388 g/mol. The number of methoxy groups -OCH3 is 1. The number of quaternary nitrogens is 1. The molecule has 2 aromatic rings. The SMILES string of the molecule is COC(=O)CCCCCNc1nc(C[NH+]2CCOCC2)nc2sc3c(c12)CCC3. The molecule has 29 heavy (non-hydrogen) atoms. The van der Waals surface area contributed by atoms with Gasteiger partial charge in [0.1, 0.15) is 30.3 Å². The summed E-state index contributed by atoms with van der Waals surface area (Å²) in [5.74, 6) is 1.81. The van der Waals surface area contributed by atoms with Gasteiger partial charge in [-0.3, -0.25) is 4.79 Å². The van der Waals surface area contributed by atoms with E-state index in [1.54, 1.807) is 0 Å². The van der Waals surface area contributed by atoms with Crippen molar-refractivity contribution in [1.82, 2.24) is 9.97 Å². The fourth-order valence-electron chi connectivity index (χ4n) is 4.19. The van der Waals surface area contributed by atoms with E-state index < -0.39 is 0 Å². The number of rotatable bonds is 9. The van der Waals surface area contributed by atoms with Gasteiger partial charge in [-0.1, -0.05) is 6.42 Å². The molecule has 0 unspecified atom stereocenters. The number of ether oxygens (including phenoxy) is 2. The van der Waals surface area contributed by atoms with Crippen LogP contribution >= 0.6 is 11.3 Å². The van der Waals surface area contributed by atoms with Gasteiger partial charge in [0.2, 0.25) is 0 Å². The zero-order valence-corrected chi connectivity index (χ0v) is 18.0. The Morgan fingerprint density at radius 1 is 1.21 bits per heavy atom. The van der Waals surface area contributed by atoms with Gasteiger partial charge >= 0.3 is 5.97 Å². The van der Waals surface area contributed by atoms with Gasteiger partial charge in [0.15, 0.2) is 5.82 Å². The summed E-state index contributed by atoms with van der Waals surface area (Å²) in [6, 6.07) is 0. The van der Waals surface area contributed by atoms with Crippen molar-refractivity contribution in [3.05, 3.63) is 16.3 Å². The predicted octanol–water partition coefficient (Wildman–Crippen LogP) is 1.74. The maximum Gasteiger partial charge on any atom is 0.305 e. The first-order valence-electron chi connectivity index (χ1n) is 10.8. The molecule has 1 fully saturated rings. The molecular formula is C21H31N4O3S+. The van der Waals surface area contributed by atoms with E-state index >= 15 is 0 Å². The second kappa shape index (κ2) is 9.82. The summed E-state index contributed by atoms with van der Waals surface area (Å²) in [5, 5.41) is 4.84. The van der Waals surface area contributed by atoms with Crippen LogP contribution in [0.15, 0.2) is 0 Å². The summed E-state index contributed by atoms with van der Waals surface area (Å²) in [6.45, 7) is 5.40. The maximum absolute atomic E-state index is 11.2. The lowest BCUT2D eigenvalue weighted by atomic mass is 10.1. The Bertz CT molecular complexity index is 848. The monoisotopic (exact) mass is 419 g/mol. The average Bonchev–Trinajstić information content (AvgIpc) is 3.32. The van der Waals surface area contributed by atoms with E-state index in [9.17, 15) is 4.79 Å². The Hall–Kier alpha value is -1.77. The quantitative estimate of drug-likeness (QED) is 0.476. The molecule has 158 valence electrons. The molecule has 2 aliphatic rings. The van der Waals surface area contributed by atoms with Gasteiger partial charge in [0.05, 0.1) is 25.7 Å². The van der Waals surface area contributed by atoms with Crippen LogP contribution in [0.25, 0.3) is 10.2 Å². The molecule has 2 N–H and O–H groups in total. The molecule has 1 aliphatic carbocycles. The Morgan fingerprint density at radius 2 is 2.07 bits per heavy atom. The Balaban J connectivity index is 1.44. The second-order valence-corrected chi connectivity index (χ2v) is 8.96. The number of esters is 1. The van der Waals surface area contributed by atoms with E-state index in [0.717, 1.165) is 81.5 Å². The third-order valence-electron chi connectivity index (χ3n) is 5.80. The first-order valence-corrected chi connectivity index (χ1v) is 11.6. The first-order chi connectivity index (χ1) is 14.2. The summed E-state index contributed by atoms with van der Waals surface area (Å²) >= 11 is 1.85. The molecule has 3 heterocycles. The number of carbonyl (C=O) groups excluding carboxylic acids is 1. The fourth-order valence-corrected chi connectivity index (χ4v) is 5.47. The Kier molecular flexibility index (Phi) is 6.94. The van der Waals surface area contributed by atoms with E-state index in [4.69, 9.17) is 19.4 Å². The molecule has 4 rings (SSSR count). The zero-order chi connectivity index (χ0) is 20.1. The third-order valence-corrected chi connectivity index (χ3v) is 6.98. The van der Waals surface area contributed by atoms with E-state index in [1.165, 1.54) is 40.7 Å². The molecule has 0 amide bonds. The zero-order valence-electron chi connectivity index (χ0n) is 17.2. The number of thiophene rings is 1. The summed E-state index contributed by atoms with van der Waals surface area (Å²) < 4.78 is 10.2. The highest BCUT2D eigenvalue weighted by Crippen LogP contribution is 2.39. The van der Waals surface area contributed by atoms with E-state index in [1.807, 2.05) is 11.3 Å². The van der Waals surface area contributed by atoms with Crippen LogP contribution in [-0.2, 0) is 33.7 Å². The summed E-state index contributed by atoms with van der Waals surface area (Å²) in [7, 11) is 1.44. The number of fused-ring (bicyclic) bond motifs is 3. The van der Waals surface area contributed by atoms with Crippen LogP contribution < -0.4 is 10.2 Å². The van der Waals surface area contributed by atoms with E-state index in [-0.39, 0.29) is 5.97 Å². The van der Waals surface area contributed by atoms with Gasteiger partial charge in [0.25, 0.3) is 0 Å². The number of aromatic nitrogens is 2. The molecule has 8 heteroatoms. The normalized spacial score (nSPS) is 16.9. The minimum atomic E-state index is -0.125. The molecule has 0 atom stereocenters. The summed E-state index contributed by atoms with van der Waals surface area (Å²) in [4.78, 5) is 25.2. The Labute approximate surface area is 175 Å². The number of hydrogen-bond donors (Lipinski definition) is 2. The van der Waals surface area contributed by atoms with Crippen molar-refractivity contribution < 1.29 is 19.2 Å². The molecule has 0 bridgehead atoms. The summed E-state index contributed by atoms with van der Waals surface area (Å²) in [6.07, 6.45) is 6.94. The van der Waals surface area contributed by atoms with Crippen molar-refractivity contribution >= 4 is 33.3 Å². The molecule has 0 spiro atoms. The van der Waals surface area contributed by atoms with Crippen LogP contribution in [0, 0.1) is 0 Å². The third kappa shape index (κ3) is 5.05. The van der Waals surface area contributed by atoms with E-state index in [2.05, 4.69) is 5.32 Å². The number of nitrogens with zero attached hydrogens (tertiary/aromatic N) is 2. The number of unbranched alkanes of at least 4 members (excludes halogenated alkanes) is 2. The number of morpholine rings is 1. The lowest BCUT2D eigenvalue weighted by molar-refractivity contribution is -0.922. The van der Waals surface area contributed by atoms with Crippen molar-refractivity contribution in [3.8, 4) is 0 Å². The number of nitrogens with one attached hydrogen (secondary N) is 2. The van der Waals surface area contributed by atoms with Crippen LogP contribution in [0.1, 0.15) is 48.4 Å². The Morgan fingerprint density at radius 3 is 2.90 bits per heavy atom. The van der Waals surface area contributed by atoms with Gasteiger partial charge in [0, 0.05) is 17.8 Å². The van der Waals surface area contributed by atoms with Gasteiger partial charge in [-0.2, -0.15) is 0 Å². The number of anilines is 1. The van der Waals surface area contributed by atoms with Crippen molar-refractivity contribution in [2.24, 2.45) is 0 Å². The van der Waals surface area contributed by atoms with E-state index in [0.29, 0.717) is 6.42 Å².